The van der Waals surface area contributed by atoms with Crippen molar-refractivity contribution in [1.82, 2.24) is 0 Å². The molecule has 0 unspecified atom stereocenters. The molecule has 4 heteroatoms. The number of carbonyl (C=O) groups is 2. The molecule has 0 bridgehead atoms. The summed E-state index contributed by atoms with van der Waals surface area (Å²) in [5.74, 6) is 5.57. The fourth-order valence-corrected chi connectivity index (χ4v) is 11.3. The number of benzene rings is 2. The molecule has 3 fully saturated rings. The molecule has 0 spiro atoms. The lowest BCUT2D eigenvalue weighted by molar-refractivity contribution is -0.153. The van der Waals surface area contributed by atoms with Gasteiger partial charge in [0.2, 0.25) is 0 Å². The van der Waals surface area contributed by atoms with E-state index >= 15 is 0 Å². The van der Waals surface area contributed by atoms with Crippen molar-refractivity contribution in [2.75, 3.05) is 0 Å². The number of fused-ring (bicyclic) bond motifs is 6. The lowest BCUT2D eigenvalue weighted by Crippen LogP contribution is -2.51. The van der Waals surface area contributed by atoms with Gasteiger partial charge in [-0.15, -0.1) is 0 Å². The summed E-state index contributed by atoms with van der Waals surface area (Å²) in [5, 5.41) is 2.12. The summed E-state index contributed by atoms with van der Waals surface area (Å²) in [6.07, 6.45) is 16.3. The van der Waals surface area contributed by atoms with Gasteiger partial charge in [-0.3, -0.25) is 9.59 Å². The summed E-state index contributed by atoms with van der Waals surface area (Å²) in [6, 6.07) is 13.6. The molecular formula is C43H60O4. The Morgan fingerprint density at radius 3 is 2.40 bits per heavy atom. The quantitative estimate of drug-likeness (QED) is 0.139. The SMILES string of the molecule is CC[C@H](CC[C@@H](C)[C@H]1CC[C@H]2[C@@H]3CC=C4C[C@@H](OC(=O)CCC(=O)Oc5ccc6ccccc6c5)CC[C@]4(C)[C@H]3CC[C@]12C)C(C)C. The van der Waals surface area contributed by atoms with E-state index in [0.29, 0.717) is 11.2 Å². The number of allylic oxidation sites excluding steroid dienone is 1. The number of hydrogen-bond donors (Lipinski definition) is 0. The summed E-state index contributed by atoms with van der Waals surface area (Å²) in [7, 11) is 0. The van der Waals surface area contributed by atoms with Gasteiger partial charge >= 0.3 is 11.9 Å². The zero-order chi connectivity index (χ0) is 33.3. The fraction of sp³-hybridized carbons (Fsp3) is 0.674. The maximum Gasteiger partial charge on any atom is 0.311 e. The van der Waals surface area contributed by atoms with Gasteiger partial charge in [0, 0.05) is 6.42 Å². The van der Waals surface area contributed by atoms with Crippen LogP contribution in [-0.4, -0.2) is 18.0 Å². The zero-order valence-electron chi connectivity index (χ0n) is 30.1. The molecule has 0 aliphatic heterocycles. The van der Waals surface area contributed by atoms with Crippen LogP contribution in [0, 0.1) is 52.3 Å². The van der Waals surface area contributed by atoms with E-state index in [1.165, 1.54) is 56.9 Å². The predicted molar refractivity (Wildman–Crippen MR) is 191 cm³/mol. The Morgan fingerprint density at radius 2 is 1.64 bits per heavy atom. The van der Waals surface area contributed by atoms with Crippen LogP contribution in [0.25, 0.3) is 10.8 Å². The zero-order valence-corrected chi connectivity index (χ0v) is 30.1. The highest BCUT2D eigenvalue weighted by atomic mass is 16.5. The normalized spacial score (nSPS) is 32.9. The Balaban J connectivity index is 1.01. The van der Waals surface area contributed by atoms with Gasteiger partial charge in [0.15, 0.2) is 0 Å². The van der Waals surface area contributed by atoms with Crippen molar-refractivity contribution in [3.8, 4) is 5.75 Å². The topological polar surface area (TPSA) is 52.6 Å². The van der Waals surface area contributed by atoms with E-state index in [9.17, 15) is 9.59 Å². The van der Waals surface area contributed by atoms with Crippen LogP contribution in [0.1, 0.15) is 125 Å². The van der Waals surface area contributed by atoms with Crippen LogP contribution < -0.4 is 4.74 Å². The highest BCUT2D eigenvalue weighted by molar-refractivity contribution is 5.85. The second-order valence-electron chi connectivity index (χ2n) is 16.8. The van der Waals surface area contributed by atoms with Gasteiger partial charge in [-0.05, 0) is 127 Å². The van der Waals surface area contributed by atoms with Gasteiger partial charge in [0.1, 0.15) is 11.9 Å². The molecule has 0 heterocycles. The minimum atomic E-state index is -0.400. The van der Waals surface area contributed by atoms with Gasteiger partial charge in [-0.1, -0.05) is 96.4 Å². The van der Waals surface area contributed by atoms with Crippen LogP contribution in [0.2, 0.25) is 0 Å². The van der Waals surface area contributed by atoms with E-state index in [2.05, 4.69) is 47.6 Å². The van der Waals surface area contributed by atoms with Crippen molar-refractivity contribution in [3.05, 3.63) is 54.1 Å². The summed E-state index contributed by atoms with van der Waals surface area (Å²) in [4.78, 5) is 25.4. The molecule has 3 saturated carbocycles. The largest absolute Gasteiger partial charge is 0.462 e. The van der Waals surface area contributed by atoms with Crippen LogP contribution in [0.4, 0.5) is 0 Å². The maximum atomic E-state index is 12.8. The maximum absolute atomic E-state index is 12.8. The smallest absolute Gasteiger partial charge is 0.311 e. The van der Waals surface area contributed by atoms with Crippen molar-refractivity contribution in [2.45, 2.75) is 131 Å². The van der Waals surface area contributed by atoms with Crippen LogP contribution in [0.3, 0.4) is 0 Å². The second-order valence-corrected chi connectivity index (χ2v) is 16.8. The van der Waals surface area contributed by atoms with Crippen LogP contribution in [0.5, 0.6) is 5.75 Å². The summed E-state index contributed by atoms with van der Waals surface area (Å²) >= 11 is 0. The van der Waals surface area contributed by atoms with Crippen LogP contribution in [0.15, 0.2) is 54.1 Å². The van der Waals surface area contributed by atoms with Crippen LogP contribution in [-0.2, 0) is 14.3 Å². The predicted octanol–water partition coefficient (Wildman–Crippen LogP) is 11.1. The molecule has 47 heavy (non-hydrogen) atoms. The third-order valence-electron chi connectivity index (χ3n) is 14.1. The van der Waals surface area contributed by atoms with E-state index in [1.807, 2.05) is 36.4 Å². The van der Waals surface area contributed by atoms with E-state index in [-0.39, 0.29) is 30.3 Å². The second kappa shape index (κ2) is 14.1. The summed E-state index contributed by atoms with van der Waals surface area (Å²) in [5.41, 5.74) is 2.25. The van der Waals surface area contributed by atoms with Crippen molar-refractivity contribution < 1.29 is 19.1 Å². The lowest BCUT2D eigenvalue weighted by Gasteiger charge is -2.58. The number of rotatable bonds is 11. The molecule has 4 aliphatic rings. The minimum absolute atomic E-state index is 0.0270. The first-order valence-electron chi connectivity index (χ1n) is 19.1. The molecular weight excluding hydrogens is 580 g/mol. The molecule has 2 aromatic carbocycles. The molecule has 4 aliphatic carbocycles. The van der Waals surface area contributed by atoms with Gasteiger partial charge in [-0.25, -0.2) is 0 Å². The van der Waals surface area contributed by atoms with E-state index in [1.54, 1.807) is 6.07 Å². The van der Waals surface area contributed by atoms with E-state index < -0.39 is 5.97 Å². The molecule has 2 aromatic rings. The number of carbonyl (C=O) groups excluding carboxylic acids is 2. The fourth-order valence-electron chi connectivity index (χ4n) is 11.3. The standard InChI is InChI=1S/C43H60O4/c1-7-30(28(2)3)13-12-29(4)37-18-19-38-36-17-15-33-27-35(22-24-42(33,5)39(36)23-25-43(37,38)6)47-41(45)21-20-40(44)46-34-16-14-31-10-8-9-11-32(31)26-34/h8-11,14-16,26,28-30,35-39H,7,12-13,17-25,27H2,1-6H3/t29-,30-,35+,36+,37-,38+,39+,42+,43-/m1/s1. The molecule has 0 amide bonds. The van der Waals surface area contributed by atoms with Crippen molar-refractivity contribution >= 4 is 22.7 Å². The molecule has 0 radical (unpaired) electrons. The van der Waals surface area contributed by atoms with Crippen molar-refractivity contribution in [1.29, 1.82) is 0 Å². The molecule has 6 rings (SSSR count). The number of ether oxygens (including phenoxy) is 2. The van der Waals surface area contributed by atoms with Crippen molar-refractivity contribution in [3.63, 3.8) is 0 Å². The van der Waals surface area contributed by atoms with Gasteiger partial charge in [-0.2, -0.15) is 0 Å². The lowest BCUT2D eigenvalue weighted by atomic mass is 9.47. The van der Waals surface area contributed by atoms with Gasteiger partial charge < -0.3 is 9.47 Å². The number of esters is 2. The molecule has 0 saturated heterocycles. The number of hydrogen-bond acceptors (Lipinski definition) is 4. The first-order chi connectivity index (χ1) is 22.5. The van der Waals surface area contributed by atoms with Gasteiger partial charge in [0.25, 0.3) is 0 Å². The molecule has 4 nitrogen and oxygen atoms in total. The molecule has 9 atom stereocenters. The Bertz CT molecular complexity index is 1460. The van der Waals surface area contributed by atoms with E-state index in [4.69, 9.17) is 9.47 Å². The average molecular weight is 641 g/mol. The molecule has 0 aromatic heterocycles. The Labute approximate surface area is 284 Å². The summed E-state index contributed by atoms with van der Waals surface area (Å²) < 4.78 is 11.5. The Kier molecular flexibility index (Phi) is 10.3. The minimum Gasteiger partial charge on any atom is -0.462 e. The third kappa shape index (κ3) is 6.95. The third-order valence-corrected chi connectivity index (χ3v) is 14.1. The molecule has 256 valence electrons. The first-order valence-corrected chi connectivity index (χ1v) is 19.1. The van der Waals surface area contributed by atoms with E-state index in [0.717, 1.165) is 71.5 Å². The summed E-state index contributed by atoms with van der Waals surface area (Å²) in [6.45, 7) is 15.0. The monoisotopic (exact) mass is 640 g/mol. The van der Waals surface area contributed by atoms with Crippen LogP contribution >= 0.6 is 0 Å². The first kappa shape index (κ1) is 34.3. The van der Waals surface area contributed by atoms with Crippen molar-refractivity contribution in [2.24, 2.45) is 52.3 Å². The highest BCUT2D eigenvalue weighted by Gasteiger charge is 2.59. The van der Waals surface area contributed by atoms with Gasteiger partial charge in [0.05, 0.1) is 12.8 Å². The molecule has 0 N–H and O–H groups in total. The highest BCUT2D eigenvalue weighted by Crippen LogP contribution is 2.67. The Hall–Kier alpha value is -2.62. The average Bonchev–Trinajstić information content (AvgIpc) is 3.41. The Morgan fingerprint density at radius 1 is 0.872 bits per heavy atom.